The predicted octanol–water partition coefficient (Wildman–Crippen LogP) is 3.60. The Bertz CT molecular complexity index is 485. The fourth-order valence-electron chi connectivity index (χ4n) is 1.52. The minimum Gasteiger partial charge on any atom is -0.339 e. The molecule has 90 valence electrons. The summed E-state index contributed by atoms with van der Waals surface area (Å²) in [5.41, 5.74) is 1.27. The first-order valence-electron chi connectivity index (χ1n) is 5.34. The lowest BCUT2D eigenvalue weighted by Crippen LogP contribution is -2.13. The van der Waals surface area contributed by atoms with Crippen LogP contribution in [0.5, 0.6) is 0 Å². The SMILES string of the molecule is CNC(C)c1cc(Br)ccc1Sc1ncc[nH]1. The van der Waals surface area contributed by atoms with Crippen molar-refractivity contribution in [1.82, 2.24) is 15.3 Å². The highest BCUT2D eigenvalue weighted by atomic mass is 79.9. The Morgan fingerprint density at radius 3 is 2.94 bits per heavy atom. The van der Waals surface area contributed by atoms with E-state index in [1.165, 1.54) is 10.5 Å². The lowest BCUT2D eigenvalue weighted by molar-refractivity contribution is 0.641. The molecule has 2 aromatic rings. The van der Waals surface area contributed by atoms with Gasteiger partial charge in [0, 0.05) is 27.8 Å². The van der Waals surface area contributed by atoms with Gasteiger partial charge in [-0.2, -0.15) is 0 Å². The first-order chi connectivity index (χ1) is 8.20. The molecule has 0 amide bonds. The van der Waals surface area contributed by atoms with Crippen molar-refractivity contribution >= 4 is 27.7 Å². The first kappa shape index (κ1) is 12.7. The van der Waals surface area contributed by atoms with Crippen molar-refractivity contribution < 1.29 is 0 Å². The normalized spacial score (nSPS) is 12.6. The summed E-state index contributed by atoms with van der Waals surface area (Å²) in [6.45, 7) is 2.15. The molecule has 0 spiro atoms. The highest BCUT2D eigenvalue weighted by Crippen LogP contribution is 2.33. The van der Waals surface area contributed by atoms with Gasteiger partial charge in [-0.05, 0) is 37.7 Å². The van der Waals surface area contributed by atoms with Crippen LogP contribution < -0.4 is 5.32 Å². The molecule has 17 heavy (non-hydrogen) atoms. The van der Waals surface area contributed by atoms with E-state index in [2.05, 4.69) is 56.3 Å². The van der Waals surface area contributed by atoms with Crippen LogP contribution in [-0.2, 0) is 0 Å². The van der Waals surface area contributed by atoms with E-state index in [9.17, 15) is 0 Å². The largest absolute Gasteiger partial charge is 0.339 e. The fourth-order valence-corrected chi connectivity index (χ4v) is 2.83. The van der Waals surface area contributed by atoms with Crippen molar-refractivity contribution in [3.8, 4) is 0 Å². The number of H-pyrrole nitrogens is 1. The molecule has 1 aromatic heterocycles. The van der Waals surface area contributed by atoms with E-state index in [1.54, 1.807) is 18.0 Å². The second kappa shape index (κ2) is 5.71. The summed E-state index contributed by atoms with van der Waals surface area (Å²) in [5, 5.41) is 4.18. The Morgan fingerprint density at radius 1 is 1.47 bits per heavy atom. The zero-order valence-corrected chi connectivity index (χ0v) is 12.1. The van der Waals surface area contributed by atoms with Gasteiger partial charge >= 0.3 is 0 Å². The Morgan fingerprint density at radius 2 is 2.29 bits per heavy atom. The molecule has 1 unspecified atom stereocenters. The zero-order valence-electron chi connectivity index (χ0n) is 9.70. The molecule has 2 rings (SSSR count). The summed E-state index contributed by atoms with van der Waals surface area (Å²) >= 11 is 5.16. The fraction of sp³-hybridized carbons (Fsp3) is 0.250. The molecular formula is C12H14BrN3S. The van der Waals surface area contributed by atoms with Gasteiger partial charge in [-0.3, -0.25) is 0 Å². The zero-order chi connectivity index (χ0) is 12.3. The molecule has 5 heteroatoms. The van der Waals surface area contributed by atoms with Gasteiger partial charge in [0.2, 0.25) is 0 Å². The van der Waals surface area contributed by atoms with Gasteiger partial charge in [0.25, 0.3) is 0 Å². The molecule has 0 aliphatic heterocycles. The van der Waals surface area contributed by atoms with E-state index in [1.807, 2.05) is 13.2 Å². The minimum absolute atomic E-state index is 0.310. The molecule has 1 heterocycles. The summed E-state index contributed by atoms with van der Waals surface area (Å²) in [7, 11) is 1.97. The van der Waals surface area contributed by atoms with Crippen LogP contribution in [0.1, 0.15) is 18.5 Å². The van der Waals surface area contributed by atoms with Crippen molar-refractivity contribution in [2.75, 3.05) is 7.05 Å². The van der Waals surface area contributed by atoms with E-state index in [0.717, 1.165) is 9.63 Å². The number of aromatic nitrogens is 2. The first-order valence-corrected chi connectivity index (χ1v) is 6.95. The summed E-state index contributed by atoms with van der Waals surface area (Å²) in [5.74, 6) is 0. The highest BCUT2D eigenvalue weighted by molar-refractivity contribution is 9.10. The maximum atomic E-state index is 4.24. The Balaban J connectivity index is 2.32. The average Bonchev–Trinajstić information content (AvgIpc) is 2.83. The molecule has 0 aliphatic carbocycles. The van der Waals surface area contributed by atoms with E-state index in [4.69, 9.17) is 0 Å². The van der Waals surface area contributed by atoms with Crippen molar-refractivity contribution in [2.24, 2.45) is 0 Å². The Labute approximate surface area is 114 Å². The molecular weight excluding hydrogens is 298 g/mol. The van der Waals surface area contributed by atoms with E-state index < -0.39 is 0 Å². The summed E-state index contributed by atoms with van der Waals surface area (Å²) in [6, 6.07) is 6.62. The lowest BCUT2D eigenvalue weighted by atomic mass is 10.1. The van der Waals surface area contributed by atoms with E-state index in [-0.39, 0.29) is 0 Å². The van der Waals surface area contributed by atoms with Crippen LogP contribution in [0.4, 0.5) is 0 Å². The summed E-state index contributed by atoms with van der Waals surface area (Å²) in [6.07, 6.45) is 3.60. The predicted molar refractivity (Wildman–Crippen MR) is 74.3 cm³/mol. The number of imidazole rings is 1. The van der Waals surface area contributed by atoms with Crippen molar-refractivity contribution in [2.45, 2.75) is 23.0 Å². The second-order valence-electron chi connectivity index (χ2n) is 3.69. The number of hydrogen-bond acceptors (Lipinski definition) is 3. The van der Waals surface area contributed by atoms with Gasteiger partial charge < -0.3 is 10.3 Å². The summed E-state index contributed by atoms with van der Waals surface area (Å²) < 4.78 is 1.10. The van der Waals surface area contributed by atoms with Crippen LogP contribution >= 0.6 is 27.7 Å². The van der Waals surface area contributed by atoms with Gasteiger partial charge in [0.1, 0.15) is 0 Å². The number of aromatic amines is 1. The van der Waals surface area contributed by atoms with E-state index in [0.29, 0.717) is 6.04 Å². The minimum atomic E-state index is 0.310. The van der Waals surface area contributed by atoms with Gasteiger partial charge in [-0.1, -0.05) is 27.7 Å². The van der Waals surface area contributed by atoms with Crippen molar-refractivity contribution in [3.63, 3.8) is 0 Å². The maximum absolute atomic E-state index is 4.24. The van der Waals surface area contributed by atoms with Crippen LogP contribution in [0, 0.1) is 0 Å². The Hall–Kier alpha value is -0.780. The number of hydrogen-bond donors (Lipinski definition) is 2. The number of halogens is 1. The highest BCUT2D eigenvalue weighted by Gasteiger charge is 2.11. The van der Waals surface area contributed by atoms with Crippen LogP contribution in [0.25, 0.3) is 0 Å². The molecule has 1 aromatic carbocycles. The third-order valence-corrected chi connectivity index (χ3v) is 4.05. The van der Waals surface area contributed by atoms with Gasteiger partial charge in [-0.15, -0.1) is 0 Å². The molecule has 0 aliphatic rings. The van der Waals surface area contributed by atoms with Gasteiger partial charge in [0.15, 0.2) is 5.16 Å². The van der Waals surface area contributed by atoms with Gasteiger partial charge in [-0.25, -0.2) is 4.98 Å². The van der Waals surface area contributed by atoms with E-state index >= 15 is 0 Å². The number of nitrogens with zero attached hydrogens (tertiary/aromatic N) is 1. The third-order valence-electron chi connectivity index (χ3n) is 2.55. The monoisotopic (exact) mass is 311 g/mol. The van der Waals surface area contributed by atoms with Crippen LogP contribution in [0.3, 0.4) is 0 Å². The topological polar surface area (TPSA) is 40.7 Å². The number of rotatable bonds is 4. The van der Waals surface area contributed by atoms with Gasteiger partial charge in [0.05, 0.1) is 0 Å². The average molecular weight is 312 g/mol. The van der Waals surface area contributed by atoms with Crippen LogP contribution in [0.15, 0.2) is 45.1 Å². The molecule has 1 atom stereocenters. The smallest absolute Gasteiger partial charge is 0.170 e. The standard InChI is InChI=1S/C12H14BrN3S/c1-8(14-2)10-7-9(13)3-4-11(10)17-12-15-5-6-16-12/h3-8,14H,1-2H3,(H,15,16). The second-order valence-corrected chi connectivity index (χ2v) is 5.64. The van der Waals surface area contributed by atoms with Crippen molar-refractivity contribution in [3.05, 3.63) is 40.6 Å². The quantitative estimate of drug-likeness (QED) is 0.906. The molecule has 2 N–H and O–H groups in total. The van der Waals surface area contributed by atoms with Crippen LogP contribution in [-0.4, -0.2) is 17.0 Å². The molecule has 0 bridgehead atoms. The molecule has 0 saturated heterocycles. The Kier molecular flexibility index (Phi) is 4.25. The molecule has 0 radical (unpaired) electrons. The molecule has 0 saturated carbocycles. The number of benzene rings is 1. The van der Waals surface area contributed by atoms with Crippen molar-refractivity contribution in [1.29, 1.82) is 0 Å². The third kappa shape index (κ3) is 3.12. The van der Waals surface area contributed by atoms with Crippen LogP contribution in [0.2, 0.25) is 0 Å². The lowest BCUT2D eigenvalue weighted by Gasteiger charge is -2.15. The number of nitrogens with one attached hydrogen (secondary N) is 2. The molecule has 3 nitrogen and oxygen atoms in total. The summed E-state index contributed by atoms with van der Waals surface area (Å²) in [4.78, 5) is 8.55. The molecule has 0 fully saturated rings. The maximum Gasteiger partial charge on any atom is 0.170 e.